The second-order valence-corrected chi connectivity index (χ2v) is 4.02. The van der Waals surface area contributed by atoms with Gasteiger partial charge in [-0.1, -0.05) is 24.3 Å². The third-order valence-corrected chi connectivity index (χ3v) is 2.72. The van der Waals surface area contributed by atoms with Crippen molar-refractivity contribution < 1.29 is 4.39 Å². The van der Waals surface area contributed by atoms with Crippen molar-refractivity contribution in [1.82, 2.24) is 0 Å². The van der Waals surface area contributed by atoms with Crippen LogP contribution in [0.2, 0.25) is 0 Å². The smallest absolute Gasteiger partial charge is 0.148 e. The SMILES string of the molecule is Cc1ccccc1CNc1ccc(N)cc1F. The minimum Gasteiger partial charge on any atom is -0.399 e. The summed E-state index contributed by atoms with van der Waals surface area (Å²) in [5.41, 5.74) is 8.75. The number of nitrogens with one attached hydrogen (secondary N) is 1. The van der Waals surface area contributed by atoms with Gasteiger partial charge in [0, 0.05) is 12.2 Å². The molecule has 0 aliphatic heterocycles. The Kier molecular flexibility index (Phi) is 3.28. The van der Waals surface area contributed by atoms with Crippen molar-refractivity contribution in [2.75, 3.05) is 11.1 Å². The van der Waals surface area contributed by atoms with Crippen LogP contribution in [0.15, 0.2) is 42.5 Å². The third kappa shape index (κ3) is 2.75. The van der Waals surface area contributed by atoms with Crippen LogP contribution in [0, 0.1) is 12.7 Å². The van der Waals surface area contributed by atoms with Crippen LogP contribution in [0.1, 0.15) is 11.1 Å². The molecule has 2 aromatic rings. The number of rotatable bonds is 3. The second kappa shape index (κ2) is 4.87. The number of nitrogen functional groups attached to an aromatic ring is 1. The van der Waals surface area contributed by atoms with E-state index in [0.29, 0.717) is 17.9 Å². The van der Waals surface area contributed by atoms with E-state index in [9.17, 15) is 4.39 Å². The summed E-state index contributed by atoms with van der Waals surface area (Å²) < 4.78 is 13.5. The molecule has 0 aliphatic carbocycles. The highest BCUT2D eigenvalue weighted by Gasteiger charge is 2.02. The molecule has 0 amide bonds. The molecule has 0 radical (unpaired) electrons. The predicted molar refractivity (Wildman–Crippen MR) is 69.3 cm³/mol. The van der Waals surface area contributed by atoms with E-state index in [-0.39, 0.29) is 5.82 Å². The maximum Gasteiger partial charge on any atom is 0.148 e. The summed E-state index contributed by atoms with van der Waals surface area (Å²) in [4.78, 5) is 0. The van der Waals surface area contributed by atoms with Crippen molar-refractivity contribution in [3.63, 3.8) is 0 Å². The van der Waals surface area contributed by atoms with E-state index in [1.54, 1.807) is 12.1 Å². The summed E-state index contributed by atoms with van der Waals surface area (Å²) in [6.07, 6.45) is 0. The lowest BCUT2D eigenvalue weighted by Crippen LogP contribution is -2.03. The Labute approximate surface area is 100 Å². The molecule has 0 aromatic heterocycles. The van der Waals surface area contributed by atoms with E-state index in [4.69, 9.17) is 5.73 Å². The number of aryl methyl sites for hydroxylation is 1. The highest BCUT2D eigenvalue weighted by atomic mass is 19.1. The zero-order valence-electron chi connectivity index (χ0n) is 9.70. The molecule has 0 fully saturated rings. The van der Waals surface area contributed by atoms with Gasteiger partial charge in [0.1, 0.15) is 5.82 Å². The highest BCUT2D eigenvalue weighted by Crippen LogP contribution is 2.18. The molecule has 17 heavy (non-hydrogen) atoms. The first-order valence-electron chi connectivity index (χ1n) is 5.50. The number of benzene rings is 2. The van der Waals surface area contributed by atoms with Crippen molar-refractivity contribution >= 4 is 11.4 Å². The normalized spacial score (nSPS) is 10.2. The van der Waals surface area contributed by atoms with Crippen LogP contribution in [0.25, 0.3) is 0 Å². The minimum absolute atomic E-state index is 0.321. The van der Waals surface area contributed by atoms with Crippen LogP contribution < -0.4 is 11.1 Å². The van der Waals surface area contributed by atoms with Crippen LogP contribution in [-0.2, 0) is 6.54 Å². The zero-order chi connectivity index (χ0) is 12.3. The van der Waals surface area contributed by atoms with Crippen LogP contribution in [0.3, 0.4) is 0 Å². The van der Waals surface area contributed by atoms with Gasteiger partial charge >= 0.3 is 0 Å². The number of halogens is 1. The van der Waals surface area contributed by atoms with Crippen LogP contribution >= 0.6 is 0 Å². The Morgan fingerprint density at radius 3 is 2.65 bits per heavy atom. The molecule has 3 heteroatoms. The lowest BCUT2D eigenvalue weighted by Gasteiger charge is -2.10. The monoisotopic (exact) mass is 230 g/mol. The van der Waals surface area contributed by atoms with Crippen molar-refractivity contribution in [3.8, 4) is 0 Å². The van der Waals surface area contributed by atoms with Crippen molar-refractivity contribution in [1.29, 1.82) is 0 Å². The Hall–Kier alpha value is -2.03. The van der Waals surface area contributed by atoms with E-state index < -0.39 is 0 Å². The topological polar surface area (TPSA) is 38.0 Å². The van der Waals surface area contributed by atoms with E-state index in [1.807, 2.05) is 31.2 Å². The third-order valence-electron chi connectivity index (χ3n) is 2.72. The fourth-order valence-corrected chi connectivity index (χ4v) is 1.67. The maximum absolute atomic E-state index is 13.5. The number of hydrogen-bond donors (Lipinski definition) is 2. The van der Waals surface area contributed by atoms with Gasteiger partial charge in [-0.15, -0.1) is 0 Å². The van der Waals surface area contributed by atoms with E-state index in [1.165, 1.54) is 11.6 Å². The predicted octanol–water partition coefficient (Wildman–Crippen LogP) is 3.33. The van der Waals surface area contributed by atoms with Gasteiger partial charge in [-0.3, -0.25) is 0 Å². The number of nitrogens with two attached hydrogens (primary N) is 1. The molecule has 0 aliphatic rings. The van der Waals surface area contributed by atoms with Crippen molar-refractivity contribution in [3.05, 3.63) is 59.4 Å². The van der Waals surface area contributed by atoms with Crippen LogP contribution in [0.5, 0.6) is 0 Å². The molecule has 0 bridgehead atoms. The van der Waals surface area contributed by atoms with Gasteiger partial charge in [-0.05, 0) is 36.2 Å². The van der Waals surface area contributed by atoms with E-state index >= 15 is 0 Å². The molecule has 0 unspecified atom stereocenters. The summed E-state index contributed by atoms with van der Waals surface area (Å²) in [6, 6.07) is 12.7. The van der Waals surface area contributed by atoms with Crippen molar-refractivity contribution in [2.24, 2.45) is 0 Å². The van der Waals surface area contributed by atoms with Gasteiger partial charge in [-0.2, -0.15) is 0 Å². The molecular weight excluding hydrogens is 215 g/mol. The van der Waals surface area contributed by atoms with Gasteiger partial charge in [0.05, 0.1) is 5.69 Å². The maximum atomic E-state index is 13.5. The van der Waals surface area contributed by atoms with Crippen LogP contribution in [-0.4, -0.2) is 0 Å². The number of hydrogen-bond acceptors (Lipinski definition) is 2. The minimum atomic E-state index is -0.321. The summed E-state index contributed by atoms with van der Waals surface area (Å²) in [5.74, 6) is -0.321. The first kappa shape index (κ1) is 11.5. The van der Waals surface area contributed by atoms with Crippen LogP contribution in [0.4, 0.5) is 15.8 Å². The molecule has 2 nitrogen and oxygen atoms in total. The number of anilines is 2. The first-order chi connectivity index (χ1) is 8.16. The summed E-state index contributed by atoms with van der Waals surface area (Å²) >= 11 is 0. The largest absolute Gasteiger partial charge is 0.399 e. The molecule has 0 spiro atoms. The fraction of sp³-hybridized carbons (Fsp3) is 0.143. The summed E-state index contributed by atoms with van der Waals surface area (Å²) in [7, 11) is 0. The lowest BCUT2D eigenvalue weighted by molar-refractivity contribution is 0.631. The Morgan fingerprint density at radius 2 is 1.94 bits per heavy atom. The quantitative estimate of drug-likeness (QED) is 0.794. The molecule has 2 aromatic carbocycles. The molecule has 2 rings (SSSR count). The summed E-state index contributed by atoms with van der Waals surface area (Å²) in [5, 5.41) is 3.07. The lowest BCUT2D eigenvalue weighted by atomic mass is 10.1. The highest BCUT2D eigenvalue weighted by molar-refractivity contribution is 5.53. The second-order valence-electron chi connectivity index (χ2n) is 4.02. The first-order valence-corrected chi connectivity index (χ1v) is 5.50. The summed E-state index contributed by atoms with van der Waals surface area (Å²) in [6.45, 7) is 2.64. The molecule has 0 saturated heterocycles. The van der Waals surface area contributed by atoms with Gasteiger partial charge in [0.25, 0.3) is 0 Å². The van der Waals surface area contributed by atoms with Gasteiger partial charge in [0.2, 0.25) is 0 Å². The molecule has 3 N–H and O–H groups in total. The average molecular weight is 230 g/mol. The van der Waals surface area contributed by atoms with Gasteiger partial charge in [0.15, 0.2) is 0 Å². The Bertz CT molecular complexity index is 523. The zero-order valence-corrected chi connectivity index (χ0v) is 9.70. The standard InChI is InChI=1S/C14H15FN2/c1-10-4-2-3-5-11(10)9-17-14-7-6-12(16)8-13(14)15/h2-8,17H,9,16H2,1H3. The van der Waals surface area contributed by atoms with Gasteiger partial charge in [-0.25, -0.2) is 4.39 Å². The average Bonchev–Trinajstić information content (AvgIpc) is 2.30. The van der Waals surface area contributed by atoms with E-state index in [2.05, 4.69) is 5.32 Å². The Balaban J connectivity index is 2.10. The van der Waals surface area contributed by atoms with Gasteiger partial charge < -0.3 is 11.1 Å². The molecule has 88 valence electrons. The van der Waals surface area contributed by atoms with E-state index in [0.717, 1.165) is 5.56 Å². The molecular formula is C14H15FN2. The van der Waals surface area contributed by atoms with Crippen molar-refractivity contribution in [2.45, 2.75) is 13.5 Å². The molecule has 0 atom stereocenters. The molecule has 0 saturated carbocycles. The Morgan fingerprint density at radius 1 is 1.18 bits per heavy atom. The molecule has 0 heterocycles. The fourth-order valence-electron chi connectivity index (χ4n) is 1.67.